The molecule has 0 aliphatic heterocycles. The molecule has 0 bridgehead atoms. The summed E-state index contributed by atoms with van der Waals surface area (Å²) in [5.74, 6) is 0. The van der Waals surface area contributed by atoms with E-state index in [1.54, 1.807) is 0 Å². The maximum Gasteiger partial charge on any atom is 0.0474 e. The molecule has 4 aromatic carbocycles. The Balaban J connectivity index is 1.90. The summed E-state index contributed by atoms with van der Waals surface area (Å²) in [5, 5.41) is 8.63. The van der Waals surface area contributed by atoms with Crippen LogP contribution in [0.1, 0.15) is 0 Å². The van der Waals surface area contributed by atoms with E-state index in [-0.39, 0.29) is 0 Å². The van der Waals surface area contributed by atoms with Crippen molar-refractivity contribution in [2.75, 3.05) is 5.32 Å². The van der Waals surface area contributed by atoms with E-state index >= 15 is 0 Å². The van der Waals surface area contributed by atoms with Gasteiger partial charge in [-0.15, -0.1) is 0 Å². The minimum atomic E-state index is 1.14. The molecule has 1 N–H and O–H groups in total. The van der Waals surface area contributed by atoms with E-state index in [2.05, 4.69) is 107 Å². The Kier molecular flexibility index (Phi) is 3.47. The quantitative estimate of drug-likeness (QED) is 0.391. The molecule has 0 amide bonds. The molecule has 4 aromatic rings. The van der Waals surface area contributed by atoms with E-state index < -0.39 is 0 Å². The van der Waals surface area contributed by atoms with Gasteiger partial charge in [-0.25, -0.2) is 0 Å². The number of hydrogen-bond donors (Lipinski definition) is 1. The fraction of sp³-hybridized carbons (Fsp3) is 0. The van der Waals surface area contributed by atoms with Crippen LogP contribution < -0.4 is 5.32 Å². The zero-order chi connectivity index (χ0) is 14.9. The summed E-state index contributed by atoms with van der Waals surface area (Å²) in [6.45, 7) is 0. The van der Waals surface area contributed by atoms with Gasteiger partial charge in [0.25, 0.3) is 0 Å². The molecule has 0 aromatic heterocycles. The van der Waals surface area contributed by atoms with Crippen molar-refractivity contribution < 1.29 is 0 Å². The Morgan fingerprint density at radius 2 is 1.23 bits per heavy atom. The average Bonchev–Trinajstić information content (AvgIpc) is 2.55. The van der Waals surface area contributed by atoms with Crippen molar-refractivity contribution in [3.63, 3.8) is 0 Å². The molecule has 0 spiro atoms. The molecule has 2 heteroatoms. The standard InChI is InChI=1S/C20H14IN/c21-16-12-15-7-2-4-10-18(15)20(13-16)22-19-11-5-8-14-6-1-3-9-17(14)19/h1-13,22H. The third kappa shape index (κ3) is 2.44. The zero-order valence-corrected chi connectivity index (χ0v) is 14.0. The highest BCUT2D eigenvalue weighted by molar-refractivity contribution is 14.1. The van der Waals surface area contributed by atoms with Gasteiger partial charge in [-0.05, 0) is 51.6 Å². The Labute approximate surface area is 143 Å². The summed E-state index contributed by atoms with van der Waals surface area (Å²) in [4.78, 5) is 0. The van der Waals surface area contributed by atoms with E-state index in [1.165, 1.54) is 25.1 Å². The van der Waals surface area contributed by atoms with Crippen LogP contribution in [0, 0.1) is 3.57 Å². The third-order valence-electron chi connectivity index (χ3n) is 3.89. The third-order valence-corrected chi connectivity index (χ3v) is 4.51. The molecular weight excluding hydrogens is 381 g/mol. The van der Waals surface area contributed by atoms with Gasteiger partial charge in [0.15, 0.2) is 0 Å². The van der Waals surface area contributed by atoms with E-state index in [9.17, 15) is 0 Å². The number of halogens is 1. The molecule has 1 nitrogen and oxygen atoms in total. The maximum absolute atomic E-state index is 3.63. The van der Waals surface area contributed by atoms with Gasteiger partial charge in [-0.3, -0.25) is 0 Å². The Morgan fingerprint density at radius 1 is 0.591 bits per heavy atom. The lowest BCUT2D eigenvalue weighted by Gasteiger charge is -2.13. The second-order valence-corrected chi connectivity index (χ2v) is 6.57. The van der Waals surface area contributed by atoms with Gasteiger partial charge in [0.05, 0.1) is 0 Å². The van der Waals surface area contributed by atoms with E-state index in [1.807, 2.05) is 0 Å². The molecule has 0 heterocycles. The van der Waals surface area contributed by atoms with Gasteiger partial charge < -0.3 is 5.32 Å². The highest BCUT2D eigenvalue weighted by Crippen LogP contribution is 2.31. The first-order chi connectivity index (χ1) is 10.8. The Hall–Kier alpha value is -2.07. The summed E-state index contributed by atoms with van der Waals surface area (Å²) in [5.41, 5.74) is 2.30. The maximum atomic E-state index is 3.63. The van der Waals surface area contributed by atoms with Crippen LogP contribution in [0.4, 0.5) is 11.4 Å². The molecule has 0 aliphatic rings. The van der Waals surface area contributed by atoms with Crippen molar-refractivity contribution in [3.05, 3.63) is 82.4 Å². The molecule has 22 heavy (non-hydrogen) atoms. The lowest BCUT2D eigenvalue weighted by atomic mass is 10.1. The van der Waals surface area contributed by atoms with Crippen molar-refractivity contribution in [1.82, 2.24) is 0 Å². The lowest BCUT2D eigenvalue weighted by Crippen LogP contribution is -1.93. The van der Waals surface area contributed by atoms with Crippen molar-refractivity contribution in [3.8, 4) is 0 Å². The Bertz CT molecular complexity index is 970. The topological polar surface area (TPSA) is 12.0 Å². The predicted octanol–water partition coefficient (Wildman–Crippen LogP) is 6.34. The first kappa shape index (κ1) is 13.6. The minimum Gasteiger partial charge on any atom is -0.354 e. The van der Waals surface area contributed by atoms with Crippen LogP contribution in [0.2, 0.25) is 0 Å². The molecule has 0 unspecified atom stereocenters. The molecular formula is C20H14IN. The molecule has 0 aliphatic carbocycles. The first-order valence-corrected chi connectivity index (χ1v) is 8.32. The minimum absolute atomic E-state index is 1.14. The number of anilines is 2. The second kappa shape index (κ2) is 5.61. The van der Waals surface area contributed by atoms with Gasteiger partial charge in [0.1, 0.15) is 0 Å². The van der Waals surface area contributed by atoms with Crippen LogP contribution in [0.25, 0.3) is 21.5 Å². The number of rotatable bonds is 2. The van der Waals surface area contributed by atoms with Crippen LogP contribution in [0.15, 0.2) is 78.9 Å². The highest BCUT2D eigenvalue weighted by Gasteiger charge is 2.05. The first-order valence-electron chi connectivity index (χ1n) is 7.24. The SMILES string of the molecule is Ic1cc(Nc2cccc3ccccc23)c2ccccc2c1. The van der Waals surface area contributed by atoms with E-state index in [4.69, 9.17) is 0 Å². The summed E-state index contributed by atoms with van der Waals surface area (Å²) in [6.07, 6.45) is 0. The average molecular weight is 395 g/mol. The fourth-order valence-electron chi connectivity index (χ4n) is 2.86. The van der Waals surface area contributed by atoms with Gasteiger partial charge >= 0.3 is 0 Å². The van der Waals surface area contributed by atoms with Crippen LogP contribution >= 0.6 is 22.6 Å². The summed E-state index contributed by atoms with van der Waals surface area (Å²) in [7, 11) is 0. The number of benzene rings is 4. The zero-order valence-electron chi connectivity index (χ0n) is 11.9. The number of nitrogens with one attached hydrogen (secondary N) is 1. The monoisotopic (exact) mass is 395 g/mol. The van der Waals surface area contributed by atoms with E-state index in [0.29, 0.717) is 0 Å². The lowest BCUT2D eigenvalue weighted by molar-refractivity contribution is 1.59. The summed E-state index contributed by atoms with van der Waals surface area (Å²) >= 11 is 2.37. The van der Waals surface area contributed by atoms with Gasteiger partial charge in [0.2, 0.25) is 0 Å². The number of hydrogen-bond acceptors (Lipinski definition) is 1. The second-order valence-electron chi connectivity index (χ2n) is 5.33. The fourth-order valence-corrected chi connectivity index (χ4v) is 3.50. The van der Waals surface area contributed by atoms with Crippen molar-refractivity contribution >= 4 is 55.5 Å². The number of fused-ring (bicyclic) bond motifs is 2. The molecule has 4 rings (SSSR count). The molecule has 0 fully saturated rings. The van der Waals surface area contributed by atoms with Gasteiger partial charge in [0, 0.05) is 25.7 Å². The Morgan fingerprint density at radius 3 is 2.05 bits per heavy atom. The highest BCUT2D eigenvalue weighted by atomic mass is 127. The molecule has 0 atom stereocenters. The molecule has 0 saturated carbocycles. The van der Waals surface area contributed by atoms with Crippen LogP contribution in [-0.2, 0) is 0 Å². The van der Waals surface area contributed by atoms with Crippen LogP contribution in [0.5, 0.6) is 0 Å². The normalized spacial score (nSPS) is 11.0. The predicted molar refractivity (Wildman–Crippen MR) is 104 cm³/mol. The largest absolute Gasteiger partial charge is 0.354 e. The summed E-state index contributed by atoms with van der Waals surface area (Å²) in [6, 6.07) is 27.8. The van der Waals surface area contributed by atoms with Crippen molar-refractivity contribution in [1.29, 1.82) is 0 Å². The molecule has 0 radical (unpaired) electrons. The van der Waals surface area contributed by atoms with Crippen LogP contribution in [-0.4, -0.2) is 0 Å². The van der Waals surface area contributed by atoms with Gasteiger partial charge in [-0.1, -0.05) is 60.7 Å². The smallest absolute Gasteiger partial charge is 0.0474 e. The molecule has 0 saturated heterocycles. The van der Waals surface area contributed by atoms with Crippen LogP contribution in [0.3, 0.4) is 0 Å². The summed E-state index contributed by atoms with van der Waals surface area (Å²) < 4.78 is 1.24. The molecule has 106 valence electrons. The van der Waals surface area contributed by atoms with Gasteiger partial charge in [-0.2, -0.15) is 0 Å². The van der Waals surface area contributed by atoms with E-state index in [0.717, 1.165) is 11.4 Å². The van der Waals surface area contributed by atoms with Crippen molar-refractivity contribution in [2.24, 2.45) is 0 Å². The van der Waals surface area contributed by atoms with Crippen molar-refractivity contribution in [2.45, 2.75) is 0 Å².